The summed E-state index contributed by atoms with van der Waals surface area (Å²) in [6, 6.07) is 1.56. The minimum atomic E-state index is -0.740. The lowest BCUT2D eigenvalue weighted by atomic mass is 10.0. The number of nitro benzene ring substituents is 1. The van der Waals surface area contributed by atoms with Crippen molar-refractivity contribution in [1.29, 1.82) is 0 Å². The molecular formula is C12H16ClFN2O3. The molecule has 106 valence electrons. The lowest BCUT2D eigenvalue weighted by Crippen LogP contribution is -2.26. The number of hydrogen-bond acceptors (Lipinski definition) is 4. The molecule has 0 spiro atoms. The van der Waals surface area contributed by atoms with E-state index in [1.807, 2.05) is 13.8 Å². The van der Waals surface area contributed by atoms with Crippen molar-refractivity contribution in [3.8, 4) is 0 Å². The summed E-state index contributed by atoms with van der Waals surface area (Å²) in [5.74, 6) is -0.447. The fourth-order valence-electron chi connectivity index (χ4n) is 1.77. The van der Waals surface area contributed by atoms with Crippen LogP contribution in [-0.4, -0.2) is 22.7 Å². The van der Waals surface area contributed by atoms with Crippen molar-refractivity contribution in [2.24, 2.45) is 5.92 Å². The number of benzene rings is 1. The van der Waals surface area contributed by atoms with Crippen LogP contribution >= 0.6 is 11.6 Å². The quantitative estimate of drug-likeness (QED) is 0.623. The van der Waals surface area contributed by atoms with Crippen molar-refractivity contribution in [2.45, 2.75) is 26.3 Å². The van der Waals surface area contributed by atoms with Crippen LogP contribution in [0.4, 0.5) is 15.8 Å². The van der Waals surface area contributed by atoms with Crippen LogP contribution in [0.5, 0.6) is 0 Å². The molecule has 0 bridgehead atoms. The van der Waals surface area contributed by atoms with Crippen molar-refractivity contribution in [3.63, 3.8) is 0 Å². The van der Waals surface area contributed by atoms with E-state index in [-0.39, 0.29) is 29.0 Å². The number of aliphatic hydroxyl groups is 1. The lowest BCUT2D eigenvalue weighted by molar-refractivity contribution is -0.384. The molecule has 0 aliphatic rings. The van der Waals surface area contributed by atoms with Gasteiger partial charge in [0.1, 0.15) is 11.5 Å². The number of aliphatic hydroxyl groups excluding tert-OH is 1. The summed E-state index contributed by atoms with van der Waals surface area (Å²) in [5.41, 5.74) is -0.291. The van der Waals surface area contributed by atoms with Gasteiger partial charge in [-0.05, 0) is 12.3 Å². The Kier molecular flexibility index (Phi) is 5.50. The average Bonchev–Trinajstić information content (AvgIpc) is 2.31. The number of nitrogens with one attached hydrogen (secondary N) is 1. The van der Waals surface area contributed by atoms with Crippen molar-refractivity contribution < 1.29 is 14.4 Å². The van der Waals surface area contributed by atoms with Crippen LogP contribution in [0.1, 0.15) is 20.3 Å². The topological polar surface area (TPSA) is 75.4 Å². The van der Waals surface area contributed by atoms with E-state index in [4.69, 9.17) is 11.6 Å². The number of nitro groups is 1. The standard InChI is InChI=1S/C12H16ClFN2O3/c1-7(2)3-8(6-17)15-11-5-10(14)9(13)4-12(11)16(18)19/h4-5,7-8,15,17H,3,6H2,1-2H3. The van der Waals surface area contributed by atoms with Gasteiger partial charge in [0, 0.05) is 18.2 Å². The van der Waals surface area contributed by atoms with E-state index in [2.05, 4.69) is 5.32 Å². The van der Waals surface area contributed by atoms with Gasteiger partial charge < -0.3 is 10.4 Å². The summed E-state index contributed by atoms with van der Waals surface area (Å²) >= 11 is 5.53. The van der Waals surface area contributed by atoms with E-state index in [1.165, 1.54) is 0 Å². The molecular weight excluding hydrogens is 275 g/mol. The Bertz CT molecular complexity index is 469. The number of anilines is 1. The van der Waals surface area contributed by atoms with Gasteiger partial charge in [-0.3, -0.25) is 10.1 Å². The van der Waals surface area contributed by atoms with Crippen LogP contribution in [0.2, 0.25) is 5.02 Å². The normalized spacial score (nSPS) is 12.5. The van der Waals surface area contributed by atoms with Gasteiger partial charge >= 0.3 is 0 Å². The summed E-state index contributed by atoms with van der Waals surface area (Å²) in [7, 11) is 0. The zero-order valence-corrected chi connectivity index (χ0v) is 11.4. The first-order valence-corrected chi connectivity index (χ1v) is 6.23. The SMILES string of the molecule is CC(C)CC(CO)Nc1cc(F)c(Cl)cc1[N+](=O)[O-]. The van der Waals surface area contributed by atoms with Crippen LogP contribution in [0, 0.1) is 21.8 Å². The van der Waals surface area contributed by atoms with E-state index < -0.39 is 10.7 Å². The Morgan fingerprint density at radius 3 is 2.63 bits per heavy atom. The molecule has 1 aromatic rings. The third kappa shape index (κ3) is 4.33. The number of rotatable bonds is 6. The highest BCUT2D eigenvalue weighted by Crippen LogP contribution is 2.31. The molecule has 5 nitrogen and oxygen atoms in total. The van der Waals surface area contributed by atoms with Gasteiger partial charge in [-0.15, -0.1) is 0 Å². The van der Waals surface area contributed by atoms with Gasteiger partial charge in [0.05, 0.1) is 16.6 Å². The molecule has 1 atom stereocenters. The molecule has 1 aromatic carbocycles. The summed E-state index contributed by atoms with van der Waals surface area (Å²) in [6.07, 6.45) is 0.609. The van der Waals surface area contributed by atoms with Crippen LogP contribution in [-0.2, 0) is 0 Å². The average molecular weight is 291 g/mol. The monoisotopic (exact) mass is 290 g/mol. The van der Waals surface area contributed by atoms with Crippen molar-refractivity contribution in [1.82, 2.24) is 0 Å². The second kappa shape index (κ2) is 6.68. The van der Waals surface area contributed by atoms with Gasteiger partial charge in [-0.25, -0.2) is 4.39 Å². The van der Waals surface area contributed by atoms with Crippen LogP contribution < -0.4 is 5.32 Å². The summed E-state index contributed by atoms with van der Waals surface area (Å²) in [4.78, 5) is 10.3. The molecule has 0 amide bonds. The van der Waals surface area contributed by atoms with Crippen LogP contribution in [0.15, 0.2) is 12.1 Å². The van der Waals surface area contributed by atoms with E-state index in [0.717, 1.165) is 12.1 Å². The van der Waals surface area contributed by atoms with Gasteiger partial charge in [0.2, 0.25) is 0 Å². The minimum absolute atomic E-state index is 0.0200. The summed E-state index contributed by atoms with van der Waals surface area (Å²) in [6.45, 7) is 3.72. The van der Waals surface area contributed by atoms with Crippen LogP contribution in [0.3, 0.4) is 0 Å². The van der Waals surface area contributed by atoms with Crippen molar-refractivity contribution in [3.05, 3.63) is 33.1 Å². The molecule has 1 rings (SSSR count). The molecule has 1 unspecified atom stereocenters. The molecule has 19 heavy (non-hydrogen) atoms. The molecule has 0 radical (unpaired) electrons. The lowest BCUT2D eigenvalue weighted by Gasteiger charge is -2.19. The third-order valence-electron chi connectivity index (χ3n) is 2.57. The molecule has 0 aliphatic carbocycles. The zero-order valence-electron chi connectivity index (χ0n) is 10.7. The molecule has 7 heteroatoms. The van der Waals surface area contributed by atoms with Gasteiger partial charge in [-0.1, -0.05) is 25.4 Å². The van der Waals surface area contributed by atoms with Crippen molar-refractivity contribution >= 4 is 23.0 Å². The molecule has 0 aliphatic heterocycles. The highest BCUT2D eigenvalue weighted by molar-refractivity contribution is 6.31. The minimum Gasteiger partial charge on any atom is -0.394 e. The van der Waals surface area contributed by atoms with E-state index in [0.29, 0.717) is 12.3 Å². The predicted octanol–water partition coefficient (Wildman–Crippen LogP) is 3.21. The Labute approximate surface area is 115 Å². The first kappa shape index (κ1) is 15.7. The van der Waals surface area contributed by atoms with E-state index in [1.54, 1.807) is 0 Å². The predicted molar refractivity (Wildman–Crippen MR) is 72.0 cm³/mol. The van der Waals surface area contributed by atoms with Crippen molar-refractivity contribution in [2.75, 3.05) is 11.9 Å². The number of hydrogen-bond donors (Lipinski definition) is 2. The maximum absolute atomic E-state index is 13.4. The Morgan fingerprint density at radius 2 is 2.16 bits per heavy atom. The Morgan fingerprint density at radius 1 is 1.53 bits per heavy atom. The summed E-state index contributed by atoms with van der Waals surface area (Å²) < 4.78 is 13.4. The highest BCUT2D eigenvalue weighted by Gasteiger charge is 2.20. The second-order valence-electron chi connectivity index (χ2n) is 4.69. The third-order valence-corrected chi connectivity index (χ3v) is 2.86. The molecule has 0 saturated heterocycles. The largest absolute Gasteiger partial charge is 0.394 e. The first-order valence-electron chi connectivity index (χ1n) is 5.86. The number of halogens is 2. The molecule has 2 N–H and O–H groups in total. The fourth-order valence-corrected chi connectivity index (χ4v) is 1.93. The Hall–Kier alpha value is -1.40. The zero-order chi connectivity index (χ0) is 14.6. The molecule has 0 aromatic heterocycles. The fraction of sp³-hybridized carbons (Fsp3) is 0.500. The molecule has 0 heterocycles. The maximum Gasteiger partial charge on any atom is 0.294 e. The van der Waals surface area contributed by atoms with Gasteiger partial charge in [0.15, 0.2) is 0 Å². The van der Waals surface area contributed by atoms with Gasteiger partial charge in [0.25, 0.3) is 5.69 Å². The van der Waals surface area contributed by atoms with Crippen LogP contribution in [0.25, 0.3) is 0 Å². The maximum atomic E-state index is 13.4. The number of nitrogens with zero attached hydrogens (tertiary/aromatic N) is 1. The van der Waals surface area contributed by atoms with Gasteiger partial charge in [-0.2, -0.15) is 0 Å². The molecule has 0 fully saturated rings. The van der Waals surface area contributed by atoms with E-state index >= 15 is 0 Å². The Balaban J connectivity index is 3.04. The smallest absolute Gasteiger partial charge is 0.294 e. The first-order chi connectivity index (χ1) is 8.85. The molecule has 0 saturated carbocycles. The van der Waals surface area contributed by atoms with E-state index in [9.17, 15) is 19.6 Å². The summed E-state index contributed by atoms with van der Waals surface area (Å²) in [5, 5.41) is 22.6. The second-order valence-corrected chi connectivity index (χ2v) is 5.10. The highest BCUT2D eigenvalue weighted by atomic mass is 35.5.